The third-order valence-electron chi connectivity index (χ3n) is 3.13. The average molecular weight is 301 g/mol. The fourth-order valence-electron chi connectivity index (χ4n) is 2.14. The highest BCUT2D eigenvalue weighted by Crippen LogP contribution is 2.21. The third-order valence-corrected chi connectivity index (χ3v) is 4.40. The van der Waals surface area contributed by atoms with Gasteiger partial charge >= 0.3 is 0 Å². The predicted molar refractivity (Wildman–Crippen MR) is 77.0 cm³/mol. The van der Waals surface area contributed by atoms with Gasteiger partial charge in [0.1, 0.15) is 0 Å². The lowest BCUT2D eigenvalue weighted by Crippen LogP contribution is -2.39. The van der Waals surface area contributed by atoms with Crippen LogP contribution in [0.2, 0.25) is 4.34 Å². The minimum Gasteiger partial charge on any atom is -0.342 e. The Hall–Kier alpha value is -0.910. The molecule has 0 N–H and O–H groups in total. The van der Waals surface area contributed by atoms with Crippen LogP contribution in [0.1, 0.15) is 22.5 Å². The van der Waals surface area contributed by atoms with Crippen molar-refractivity contribution in [3.8, 4) is 0 Å². The van der Waals surface area contributed by atoms with Crippen molar-refractivity contribution in [3.63, 3.8) is 0 Å². The van der Waals surface area contributed by atoms with Crippen molar-refractivity contribution in [2.24, 2.45) is 0 Å². The van der Waals surface area contributed by atoms with E-state index < -0.39 is 0 Å². The summed E-state index contributed by atoms with van der Waals surface area (Å²) in [6.07, 6.45) is 2.17. The Balaban J connectivity index is 1.82. The van der Waals surface area contributed by atoms with Crippen LogP contribution < -0.4 is 0 Å². The number of amides is 1. The summed E-state index contributed by atoms with van der Waals surface area (Å²) in [7, 11) is 1.79. The maximum absolute atomic E-state index is 12.0. The number of Topliss-reactive ketones (excluding diaryl/α,β-unsaturated/α-hetero) is 1. The van der Waals surface area contributed by atoms with Gasteiger partial charge in [-0.15, -0.1) is 11.3 Å². The molecule has 19 heavy (non-hydrogen) atoms. The Morgan fingerprint density at radius 2 is 2.00 bits per heavy atom. The van der Waals surface area contributed by atoms with E-state index in [2.05, 4.69) is 0 Å². The van der Waals surface area contributed by atoms with Crippen molar-refractivity contribution in [1.29, 1.82) is 0 Å². The van der Waals surface area contributed by atoms with Gasteiger partial charge in [-0.2, -0.15) is 0 Å². The Kier molecular flexibility index (Phi) is 4.96. The zero-order chi connectivity index (χ0) is 13.8. The molecule has 2 heterocycles. The van der Waals surface area contributed by atoms with E-state index in [1.165, 1.54) is 11.3 Å². The molecular weight excluding hydrogens is 284 g/mol. The molecule has 1 aliphatic heterocycles. The molecule has 0 bridgehead atoms. The number of ketones is 1. The summed E-state index contributed by atoms with van der Waals surface area (Å²) in [5.74, 6) is 0.116. The molecule has 1 amide bonds. The van der Waals surface area contributed by atoms with Gasteiger partial charge in [0.2, 0.25) is 5.91 Å². The summed E-state index contributed by atoms with van der Waals surface area (Å²) in [6, 6.07) is 3.44. The van der Waals surface area contributed by atoms with Crippen molar-refractivity contribution in [2.45, 2.75) is 12.8 Å². The molecule has 1 aromatic heterocycles. The Labute approximate surface area is 121 Å². The molecule has 6 heteroatoms. The third kappa shape index (κ3) is 4.03. The summed E-state index contributed by atoms with van der Waals surface area (Å²) in [6.45, 7) is 2.24. The van der Waals surface area contributed by atoms with Crippen molar-refractivity contribution >= 4 is 34.6 Å². The Morgan fingerprint density at radius 3 is 2.58 bits per heavy atom. The molecule has 1 aliphatic rings. The van der Waals surface area contributed by atoms with E-state index in [1.807, 2.05) is 4.90 Å². The van der Waals surface area contributed by atoms with Gasteiger partial charge in [-0.3, -0.25) is 14.5 Å². The maximum Gasteiger partial charge on any atom is 0.236 e. The molecule has 0 spiro atoms. The number of carbonyl (C=O) groups is 2. The SMILES string of the molecule is CN(CC(=O)c1ccc(Cl)s1)CC(=O)N1CCCC1. The minimum absolute atomic E-state index is 0.00798. The zero-order valence-electron chi connectivity index (χ0n) is 10.9. The van der Waals surface area contributed by atoms with Crippen molar-refractivity contribution in [2.75, 3.05) is 33.2 Å². The topological polar surface area (TPSA) is 40.6 Å². The van der Waals surface area contributed by atoms with Gasteiger partial charge in [-0.05, 0) is 32.0 Å². The number of hydrogen-bond donors (Lipinski definition) is 0. The van der Waals surface area contributed by atoms with E-state index >= 15 is 0 Å². The molecular formula is C13H17ClN2O2S. The summed E-state index contributed by atoms with van der Waals surface area (Å²) in [4.78, 5) is 28.2. The van der Waals surface area contributed by atoms with Gasteiger partial charge in [0.15, 0.2) is 5.78 Å². The van der Waals surface area contributed by atoms with E-state index in [0.29, 0.717) is 15.8 Å². The van der Waals surface area contributed by atoms with Gasteiger partial charge in [0.25, 0.3) is 0 Å². The van der Waals surface area contributed by atoms with Gasteiger partial charge < -0.3 is 4.90 Å². The number of likely N-dealkylation sites (N-methyl/N-ethyl adjacent to an activating group) is 1. The zero-order valence-corrected chi connectivity index (χ0v) is 12.5. The van der Waals surface area contributed by atoms with Crippen molar-refractivity contribution in [1.82, 2.24) is 9.80 Å². The van der Waals surface area contributed by atoms with Crippen LogP contribution in [0, 0.1) is 0 Å². The fraction of sp³-hybridized carbons (Fsp3) is 0.538. The smallest absolute Gasteiger partial charge is 0.236 e. The van der Waals surface area contributed by atoms with Crippen LogP contribution >= 0.6 is 22.9 Å². The first kappa shape index (κ1) is 14.5. The fourth-order valence-corrected chi connectivity index (χ4v) is 3.11. The highest BCUT2D eigenvalue weighted by Gasteiger charge is 2.20. The number of halogens is 1. The van der Waals surface area contributed by atoms with Crippen LogP contribution in [0.4, 0.5) is 0 Å². The molecule has 0 aromatic carbocycles. The molecule has 0 unspecified atom stereocenters. The van der Waals surface area contributed by atoms with E-state index in [-0.39, 0.29) is 18.2 Å². The highest BCUT2D eigenvalue weighted by molar-refractivity contribution is 7.18. The first-order chi connectivity index (χ1) is 9.06. The Morgan fingerprint density at radius 1 is 1.32 bits per heavy atom. The largest absolute Gasteiger partial charge is 0.342 e. The maximum atomic E-state index is 12.0. The molecule has 0 atom stereocenters. The monoisotopic (exact) mass is 300 g/mol. The molecule has 0 saturated carbocycles. The van der Waals surface area contributed by atoms with Crippen molar-refractivity contribution < 1.29 is 9.59 Å². The van der Waals surface area contributed by atoms with Gasteiger partial charge in [0.05, 0.1) is 22.3 Å². The Bertz CT molecular complexity index is 469. The summed E-state index contributed by atoms with van der Waals surface area (Å²) < 4.78 is 0.610. The summed E-state index contributed by atoms with van der Waals surface area (Å²) in [5.41, 5.74) is 0. The molecule has 104 valence electrons. The van der Waals surface area contributed by atoms with Crippen LogP contribution in [0.3, 0.4) is 0 Å². The second kappa shape index (κ2) is 6.50. The molecule has 0 radical (unpaired) electrons. The number of thiophene rings is 1. The predicted octanol–water partition coefficient (Wildman–Crippen LogP) is 2.14. The highest BCUT2D eigenvalue weighted by atomic mass is 35.5. The van der Waals surface area contributed by atoms with Crippen molar-refractivity contribution in [3.05, 3.63) is 21.3 Å². The van der Waals surface area contributed by atoms with E-state index in [4.69, 9.17) is 11.6 Å². The first-order valence-electron chi connectivity index (χ1n) is 6.31. The molecule has 0 aliphatic carbocycles. The van der Waals surface area contributed by atoms with Crippen LogP contribution in [-0.2, 0) is 4.79 Å². The van der Waals surface area contributed by atoms with Gasteiger partial charge in [-0.1, -0.05) is 11.6 Å². The summed E-state index contributed by atoms with van der Waals surface area (Å²) >= 11 is 7.08. The second-order valence-corrected chi connectivity index (χ2v) is 6.50. The van der Waals surface area contributed by atoms with E-state index in [0.717, 1.165) is 25.9 Å². The van der Waals surface area contributed by atoms with E-state index in [1.54, 1.807) is 24.1 Å². The van der Waals surface area contributed by atoms with E-state index in [9.17, 15) is 9.59 Å². The molecule has 2 rings (SSSR count). The quantitative estimate of drug-likeness (QED) is 0.782. The number of carbonyl (C=O) groups excluding carboxylic acids is 2. The second-order valence-electron chi connectivity index (χ2n) is 4.79. The lowest BCUT2D eigenvalue weighted by Gasteiger charge is -2.20. The molecule has 1 saturated heterocycles. The van der Waals surface area contributed by atoms with Crippen LogP contribution in [0.15, 0.2) is 12.1 Å². The average Bonchev–Trinajstić information content (AvgIpc) is 2.98. The number of rotatable bonds is 5. The lowest BCUT2D eigenvalue weighted by atomic mass is 10.3. The van der Waals surface area contributed by atoms with Gasteiger partial charge in [-0.25, -0.2) is 0 Å². The lowest BCUT2D eigenvalue weighted by molar-refractivity contribution is -0.130. The molecule has 1 aromatic rings. The number of nitrogens with zero attached hydrogens (tertiary/aromatic N) is 2. The van der Waals surface area contributed by atoms with Gasteiger partial charge in [0, 0.05) is 13.1 Å². The van der Waals surface area contributed by atoms with Crippen LogP contribution in [-0.4, -0.2) is 54.7 Å². The van der Waals surface area contributed by atoms with Crippen LogP contribution in [0.25, 0.3) is 0 Å². The molecule has 4 nitrogen and oxygen atoms in total. The minimum atomic E-state index is 0.00798. The number of hydrogen-bond acceptors (Lipinski definition) is 4. The normalized spacial score (nSPS) is 15.2. The molecule has 1 fully saturated rings. The number of likely N-dealkylation sites (tertiary alicyclic amines) is 1. The standard InChI is InChI=1S/C13H17ClN2O2S/c1-15(9-13(18)16-6-2-3-7-16)8-10(17)11-4-5-12(14)19-11/h4-5H,2-3,6-9H2,1H3. The van der Waals surface area contributed by atoms with Crippen LogP contribution in [0.5, 0.6) is 0 Å². The first-order valence-corrected chi connectivity index (χ1v) is 7.50. The summed E-state index contributed by atoms with van der Waals surface area (Å²) in [5, 5.41) is 0.